The van der Waals surface area contributed by atoms with E-state index in [1.165, 1.54) is 12.8 Å². The van der Waals surface area contributed by atoms with Crippen molar-refractivity contribution in [1.29, 1.82) is 0 Å². The van der Waals surface area contributed by atoms with Crippen LogP contribution in [0.5, 0.6) is 5.88 Å². The van der Waals surface area contributed by atoms with E-state index in [-0.39, 0.29) is 0 Å². The zero-order valence-electron chi connectivity index (χ0n) is 10.2. The Hall–Kier alpha value is -0.830. The third-order valence-corrected chi connectivity index (χ3v) is 2.76. The Morgan fingerprint density at radius 2 is 1.94 bits per heavy atom. The van der Waals surface area contributed by atoms with Crippen molar-refractivity contribution in [3.63, 3.8) is 0 Å². The number of aromatic nitrogens is 2. The molecule has 0 N–H and O–H groups in total. The maximum absolute atomic E-state index is 6.01. The van der Waals surface area contributed by atoms with Crippen LogP contribution in [0.2, 0.25) is 5.15 Å². The van der Waals surface area contributed by atoms with E-state index < -0.39 is 0 Å². The van der Waals surface area contributed by atoms with Gasteiger partial charge < -0.3 is 4.74 Å². The molecule has 0 unspecified atom stereocenters. The van der Waals surface area contributed by atoms with Gasteiger partial charge in [-0.1, -0.05) is 38.3 Å². The van der Waals surface area contributed by atoms with Crippen molar-refractivity contribution < 1.29 is 4.74 Å². The Bertz CT molecular complexity index is 342. The van der Waals surface area contributed by atoms with Gasteiger partial charge in [0.1, 0.15) is 11.0 Å². The largest absolute Gasteiger partial charge is 0.477 e. The number of hydrogen-bond donors (Lipinski definition) is 0. The fourth-order valence-electron chi connectivity index (χ4n) is 1.33. The van der Waals surface area contributed by atoms with Gasteiger partial charge in [0.2, 0.25) is 5.88 Å². The zero-order chi connectivity index (χ0) is 12.0. The monoisotopic (exact) mass is 242 g/mol. The van der Waals surface area contributed by atoms with Gasteiger partial charge in [0, 0.05) is 12.0 Å². The molecule has 0 saturated heterocycles. The predicted octanol–water partition coefficient (Wildman–Crippen LogP) is 3.57. The number of hydrogen-bond acceptors (Lipinski definition) is 3. The average molecular weight is 243 g/mol. The SMILES string of the molecule is CCCCCOc1nc(CC)nc(Cl)c1C. The molecule has 0 spiro atoms. The van der Waals surface area contributed by atoms with Gasteiger partial charge in [-0.2, -0.15) is 4.98 Å². The number of unbranched alkanes of at least 4 members (excludes halogenated alkanes) is 2. The van der Waals surface area contributed by atoms with Crippen LogP contribution in [-0.4, -0.2) is 16.6 Å². The normalized spacial score (nSPS) is 10.5. The van der Waals surface area contributed by atoms with Gasteiger partial charge >= 0.3 is 0 Å². The number of rotatable bonds is 6. The Kier molecular flexibility index (Phi) is 5.53. The fraction of sp³-hybridized carbons (Fsp3) is 0.667. The van der Waals surface area contributed by atoms with Crippen molar-refractivity contribution in [2.45, 2.75) is 46.5 Å². The second kappa shape index (κ2) is 6.69. The van der Waals surface area contributed by atoms with E-state index in [0.29, 0.717) is 17.6 Å². The highest BCUT2D eigenvalue weighted by molar-refractivity contribution is 6.30. The molecule has 0 aliphatic rings. The van der Waals surface area contributed by atoms with Gasteiger partial charge in [-0.25, -0.2) is 4.98 Å². The van der Waals surface area contributed by atoms with Crippen molar-refractivity contribution in [3.05, 3.63) is 16.5 Å². The summed E-state index contributed by atoms with van der Waals surface area (Å²) in [5.41, 5.74) is 0.829. The summed E-state index contributed by atoms with van der Waals surface area (Å²) in [5, 5.41) is 0.498. The second-order valence-corrected chi connectivity index (χ2v) is 4.13. The third kappa shape index (κ3) is 3.63. The standard InChI is InChI=1S/C12H19ClN2O/c1-4-6-7-8-16-12-9(3)11(13)14-10(5-2)15-12/h4-8H2,1-3H3. The first-order valence-electron chi connectivity index (χ1n) is 5.84. The zero-order valence-corrected chi connectivity index (χ0v) is 11.0. The smallest absolute Gasteiger partial charge is 0.221 e. The van der Waals surface area contributed by atoms with Crippen LogP contribution in [0.4, 0.5) is 0 Å². The summed E-state index contributed by atoms with van der Waals surface area (Å²) in [6.07, 6.45) is 4.19. The maximum Gasteiger partial charge on any atom is 0.221 e. The summed E-state index contributed by atoms with van der Waals surface area (Å²) < 4.78 is 5.63. The van der Waals surface area contributed by atoms with Crippen LogP contribution >= 0.6 is 11.6 Å². The molecule has 0 amide bonds. The van der Waals surface area contributed by atoms with Crippen molar-refractivity contribution in [3.8, 4) is 5.88 Å². The Balaban J connectivity index is 2.66. The maximum atomic E-state index is 6.01. The molecule has 90 valence electrons. The molecule has 0 fully saturated rings. The highest BCUT2D eigenvalue weighted by Crippen LogP contribution is 2.22. The lowest BCUT2D eigenvalue weighted by Crippen LogP contribution is -2.04. The molecule has 0 atom stereocenters. The van der Waals surface area contributed by atoms with Gasteiger partial charge in [0.25, 0.3) is 0 Å². The molecule has 0 radical (unpaired) electrons. The molecule has 0 aromatic carbocycles. The lowest BCUT2D eigenvalue weighted by atomic mass is 10.3. The van der Waals surface area contributed by atoms with Crippen LogP contribution in [0.3, 0.4) is 0 Å². The van der Waals surface area contributed by atoms with Crippen LogP contribution < -0.4 is 4.74 Å². The van der Waals surface area contributed by atoms with Crippen molar-refractivity contribution >= 4 is 11.6 Å². The van der Waals surface area contributed by atoms with Crippen molar-refractivity contribution in [2.24, 2.45) is 0 Å². The molecule has 0 bridgehead atoms. The highest BCUT2D eigenvalue weighted by atomic mass is 35.5. The van der Waals surface area contributed by atoms with Gasteiger partial charge in [0.05, 0.1) is 6.61 Å². The Morgan fingerprint density at radius 3 is 2.56 bits per heavy atom. The minimum Gasteiger partial charge on any atom is -0.477 e. The second-order valence-electron chi connectivity index (χ2n) is 3.77. The molecule has 3 nitrogen and oxygen atoms in total. The molecule has 1 aromatic heterocycles. The molecule has 4 heteroatoms. The number of ether oxygens (including phenoxy) is 1. The number of aryl methyl sites for hydroxylation is 1. The van der Waals surface area contributed by atoms with E-state index in [9.17, 15) is 0 Å². The molecule has 1 heterocycles. The molecule has 0 aliphatic heterocycles. The Labute approximate surface area is 102 Å². The Morgan fingerprint density at radius 1 is 1.19 bits per heavy atom. The lowest BCUT2D eigenvalue weighted by Gasteiger charge is -2.09. The number of halogens is 1. The topological polar surface area (TPSA) is 35.0 Å². The molecule has 16 heavy (non-hydrogen) atoms. The van der Waals surface area contributed by atoms with Gasteiger partial charge in [-0.3, -0.25) is 0 Å². The molecule has 0 saturated carbocycles. The van der Waals surface area contributed by atoms with E-state index in [4.69, 9.17) is 16.3 Å². The van der Waals surface area contributed by atoms with Crippen LogP contribution in [0.1, 0.15) is 44.5 Å². The van der Waals surface area contributed by atoms with Gasteiger partial charge in [-0.05, 0) is 13.3 Å². The molecular formula is C12H19ClN2O. The van der Waals surface area contributed by atoms with Gasteiger partial charge in [0.15, 0.2) is 0 Å². The van der Waals surface area contributed by atoms with E-state index in [0.717, 1.165) is 24.2 Å². The summed E-state index contributed by atoms with van der Waals surface area (Å²) in [6, 6.07) is 0. The molecular weight excluding hydrogens is 224 g/mol. The first-order valence-corrected chi connectivity index (χ1v) is 6.22. The fourth-order valence-corrected chi connectivity index (χ4v) is 1.51. The summed E-state index contributed by atoms with van der Waals surface area (Å²) in [4.78, 5) is 8.50. The first-order chi connectivity index (χ1) is 7.69. The van der Waals surface area contributed by atoms with E-state index in [2.05, 4.69) is 16.9 Å². The quantitative estimate of drug-likeness (QED) is 0.565. The summed E-state index contributed by atoms with van der Waals surface area (Å²) >= 11 is 6.01. The van der Waals surface area contributed by atoms with E-state index >= 15 is 0 Å². The average Bonchev–Trinajstić information content (AvgIpc) is 2.29. The summed E-state index contributed by atoms with van der Waals surface area (Å²) in [7, 11) is 0. The van der Waals surface area contributed by atoms with Crippen molar-refractivity contribution in [1.82, 2.24) is 9.97 Å². The summed E-state index contributed by atoms with van der Waals surface area (Å²) in [5.74, 6) is 1.37. The van der Waals surface area contributed by atoms with E-state index in [1.54, 1.807) is 0 Å². The minimum atomic E-state index is 0.498. The van der Waals surface area contributed by atoms with Crippen molar-refractivity contribution in [2.75, 3.05) is 6.61 Å². The lowest BCUT2D eigenvalue weighted by molar-refractivity contribution is 0.291. The van der Waals surface area contributed by atoms with E-state index in [1.807, 2.05) is 13.8 Å². The van der Waals surface area contributed by atoms with Crippen LogP contribution in [0.15, 0.2) is 0 Å². The number of nitrogens with zero attached hydrogens (tertiary/aromatic N) is 2. The minimum absolute atomic E-state index is 0.498. The molecule has 0 aliphatic carbocycles. The molecule has 1 rings (SSSR count). The van der Waals surface area contributed by atoms with Crippen LogP contribution in [0, 0.1) is 6.92 Å². The van der Waals surface area contributed by atoms with Gasteiger partial charge in [-0.15, -0.1) is 0 Å². The van der Waals surface area contributed by atoms with Crippen LogP contribution in [0.25, 0.3) is 0 Å². The molecule has 1 aromatic rings. The summed E-state index contributed by atoms with van der Waals surface area (Å²) in [6.45, 7) is 6.76. The van der Waals surface area contributed by atoms with Crippen LogP contribution in [-0.2, 0) is 6.42 Å². The highest BCUT2D eigenvalue weighted by Gasteiger charge is 2.09. The third-order valence-electron chi connectivity index (χ3n) is 2.39. The first kappa shape index (κ1) is 13.2. The predicted molar refractivity (Wildman–Crippen MR) is 66.2 cm³/mol.